The molecular formula is C22H28N2O3. The van der Waals surface area contributed by atoms with E-state index in [0.717, 1.165) is 12.1 Å². The minimum atomic E-state index is -0.603. The molecule has 1 fully saturated rings. The number of nitrogens with one attached hydrogen (secondary N) is 1. The Kier molecular flexibility index (Phi) is 6.71. The van der Waals surface area contributed by atoms with Crippen LogP contribution in [0.2, 0.25) is 0 Å². The van der Waals surface area contributed by atoms with E-state index in [1.807, 2.05) is 24.3 Å². The van der Waals surface area contributed by atoms with E-state index in [1.54, 1.807) is 20.1 Å². The Morgan fingerprint density at radius 3 is 2.52 bits per heavy atom. The third-order valence-electron chi connectivity index (χ3n) is 4.81. The zero-order valence-corrected chi connectivity index (χ0v) is 16.1. The van der Waals surface area contributed by atoms with Crippen molar-refractivity contribution in [3.63, 3.8) is 0 Å². The molecule has 1 N–H and O–H groups in total. The van der Waals surface area contributed by atoms with Gasteiger partial charge in [0.05, 0.1) is 7.11 Å². The summed E-state index contributed by atoms with van der Waals surface area (Å²) in [7, 11) is 1.59. The number of para-hydroxylation sites is 2. The van der Waals surface area contributed by atoms with Crippen LogP contribution in [0.25, 0.3) is 0 Å². The number of hydrogen-bond acceptors (Lipinski definition) is 4. The number of nitrogens with zero attached hydrogens (tertiary/aromatic N) is 1. The Balaban J connectivity index is 1.52. The second-order valence-corrected chi connectivity index (χ2v) is 6.93. The van der Waals surface area contributed by atoms with Gasteiger partial charge in [0.2, 0.25) is 0 Å². The standard InChI is InChI=1S/C22H28N2O3/c1-17(27-21-11-4-3-10-20(21)26-2)22(25)23-15-18-8-7-9-19(14-18)16-24-12-5-6-13-24/h3-4,7-11,14,17H,5-6,12-13,15-16H2,1-2H3,(H,23,25)/t17-/m0/s1. The predicted molar refractivity (Wildman–Crippen MR) is 106 cm³/mol. The zero-order chi connectivity index (χ0) is 19.1. The fourth-order valence-corrected chi connectivity index (χ4v) is 3.33. The average molecular weight is 368 g/mol. The average Bonchev–Trinajstić information content (AvgIpc) is 3.19. The van der Waals surface area contributed by atoms with Crippen LogP contribution in [0.5, 0.6) is 11.5 Å². The van der Waals surface area contributed by atoms with E-state index in [1.165, 1.54) is 31.5 Å². The molecule has 1 aliphatic rings. The summed E-state index contributed by atoms with van der Waals surface area (Å²) in [4.78, 5) is 14.9. The van der Waals surface area contributed by atoms with E-state index in [2.05, 4.69) is 28.4 Å². The van der Waals surface area contributed by atoms with Crippen LogP contribution in [-0.4, -0.2) is 37.1 Å². The molecule has 0 spiro atoms. The second-order valence-electron chi connectivity index (χ2n) is 6.93. The normalized spacial score (nSPS) is 15.3. The fourth-order valence-electron chi connectivity index (χ4n) is 3.33. The second kappa shape index (κ2) is 9.42. The molecule has 5 nitrogen and oxygen atoms in total. The number of ether oxygens (including phenoxy) is 2. The Morgan fingerprint density at radius 1 is 1.07 bits per heavy atom. The molecule has 5 heteroatoms. The first-order chi connectivity index (χ1) is 13.2. The van der Waals surface area contributed by atoms with E-state index >= 15 is 0 Å². The van der Waals surface area contributed by atoms with Crippen LogP contribution in [0.3, 0.4) is 0 Å². The molecule has 1 aliphatic heterocycles. The van der Waals surface area contributed by atoms with Crippen molar-refractivity contribution >= 4 is 5.91 Å². The first-order valence-electron chi connectivity index (χ1n) is 9.53. The number of likely N-dealkylation sites (tertiary alicyclic amines) is 1. The SMILES string of the molecule is COc1ccccc1O[C@@H](C)C(=O)NCc1cccc(CN2CCCC2)c1. The van der Waals surface area contributed by atoms with Crippen molar-refractivity contribution < 1.29 is 14.3 Å². The minimum Gasteiger partial charge on any atom is -0.493 e. The van der Waals surface area contributed by atoms with Crippen molar-refractivity contribution in [2.45, 2.75) is 39.0 Å². The van der Waals surface area contributed by atoms with Crippen LogP contribution < -0.4 is 14.8 Å². The summed E-state index contributed by atoms with van der Waals surface area (Å²) in [6.07, 6.45) is 1.98. The summed E-state index contributed by atoms with van der Waals surface area (Å²) in [6, 6.07) is 15.7. The lowest BCUT2D eigenvalue weighted by Crippen LogP contribution is -2.36. The number of hydrogen-bond donors (Lipinski definition) is 1. The molecule has 2 aromatic carbocycles. The molecule has 144 valence electrons. The highest BCUT2D eigenvalue weighted by Gasteiger charge is 2.16. The monoisotopic (exact) mass is 368 g/mol. The summed E-state index contributed by atoms with van der Waals surface area (Å²) in [5, 5.41) is 2.96. The van der Waals surface area contributed by atoms with Crippen LogP contribution in [0.15, 0.2) is 48.5 Å². The van der Waals surface area contributed by atoms with Crippen molar-refractivity contribution in [1.82, 2.24) is 10.2 Å². The van der Waals surface area contributed by atoms with E-state index in [-0.39, 0.29) is 5.91 Å². The highest BCUT2D eigenvalue weighted by molar-refractivity contribution is 5.80. The third-order valence-corrected chi connectivity index (χ3v) is 4.81. The highest BCUT2D eigenvalue weighted by Crippen LogP contribution is 2.26. The molecule has 27 heavy (non-hydrogen) atoms. The van der Waals surface area contributed by atoms with Crippen molar-refractivity contribution in [2.24, 2.45) is 0 Å². The van der Waals surface area contributed by atoms with Crippen LogP contribution in [0.1, 0.15) is 30.9 Å². The van der Waals surface area contributed by atoms with Gasteiger partial charge in [-0.1, -0.05) is 36.4 Å². The van der Waals surface area contributed by atoms with Gasteiger partial charge < -0.3 is 14.8 Å². The molecule has 0 aliphatic carbocycles. The fraction of sp³-hybridized carbons (Fsp3) is 0.409. The molecule has 0 unspecified atom stereocenters. The quantitative estimate of drug-likeness (QED) is 0.776. The molecule has 1 atom stereocenters. The van der Waals surface area contributed by atoms with Gasteiger partial charge in [-0.15, -0.1) is 0 Å². The summed E-state index contributed by atoms with van der Waals surface area (Å²) >= 11 is 0. The maximum absolute atomic E-state index is 12.4. The van der Waals surface area contributed by atoms with Crippen LogP contribution >= 0.6 is 0 Å². The highest BCUT2D eigenvalue weighted by atomic mass is 16.5. The summed E-state index contributed by atoms with van der Waals surface area (Å²) in [6.45, 7) is 5.57. The molecule has 1 heterocycles. The number of methoxy groups -OCH3 is 1. The van der Waals surface area contributed by atoms with E-state index in [9.17, 15) is 4.79 Å². The molecule has 3 rings (SSSR count). The van der Waals surface area contributed by atoms with Gasteiger partial charge in [-0.05, 0) is 56.1 Å². The Bertz CT molecular complexity index is 757. The molecular weight excluding hydrogens is 340 g/mol. The lowest BCUT2D eigenvalue weighted by molar-refractivity contribution is -0.127. The number of benzene rings is 2. The van der Waals surface area contributed by atoms with Crippen molar-refractivity contribution in [3.8, 4) is 11.5 Å². The molecule has 1 amide bonds. The van der Waals surface area contributed by atoms with Crippen molar-refractivity contribution in [3.05, 3.63) is 59.7 Å². The van der Waals surface area contributed by atoms with E-state index in [0.29, 0.717) is 18.0 Å². The predicted octanol–water partition coefficient (Wildman–Crippen LogP) is 3.37. The van der Waals surface area contributed by atoms with Crippen molar-refractivity contribution in [2.75, 3.05) is 20.2 Å². The summed E-state index contributed by atoms with van der Waals surface area (Å²) in [5.74, 6) is 1.04. The van der Waals surface area contributed by atoms with Gasteiger partial charge in [0, 0.05) is 13.1 Å². The molecule has 0 bridgehead atoms. The molecule has 1 saturated heterocycles. The third kappa shape index (κ3) is 5.47. The maximum Gasteiger partial charge on any atom is 0.261 e. The van der Waals surface area contributed by atoms with Gasteiger partial charge in [0.25, 0.3) is 5.91 Å². The van der Waals surface area contributed by atoms with Crippen LogP contribution in [-0.2, 0) is 17.9 Å². The first-order valence-corrected chi connectivity index (χ1v) is 9.53. The first kappa shape index (κ1) is 19.2. The lowest BCUT2D eigenvalue weighted by atomic mass is 10.1. The Morgan fingerprint density at radius 2 is 1.78 bits per heavy atom. The molecule has 2 aromatic rings. The van der Waals surface area contributed by atoms with Gasteiger partial charge in [0.15, 0.2) is 17.6 Å². The minimum absolute atomic E-state index is 0.147. The van der Waals surface area contributed by atoms with Gasteiger partial charge >= 0.3 is 0 Å². The summed E-state index contributed by atoms with van der Waals surface area (Å²) < 4.78 is 11.0. The van der Waals surface area contributed by atoms with Gasteiger partial charge in [0.1, 0.15) is 0 Å². The van der Waals surface area contributed by atoms with Crippen LogP contribution in [0, 0.1) is 0 Å². The number of amides is 1. The topological polar surface area (TPSA) is 50.8 Å². The largest absolute Gasteiger partial charge is 0.493 e. The van der Waals surface area contributed by atoms with Crippen molar-refractivity contribution in [1.29, 1.82) is 0 Å². The smallest absolute Gasteiger partial charge is 0.261 e. The van der Waals surface area contributed by atoms with Gasteiger partial charge in [-0.2, -0.15) is 0 Å². The zero-order valence-electron chi connectivity index (χ0n) is 16.1. The number of carbonyl (C=O) groups is 1. The number of rotatable bonds is 8. The molecule has 0 saturated carbocycles. The van der Waals surface area contributed by atoms with Gasteiger partial charge in [-0.25, -0.2) is 0 Å². The molecule has 0 radical (unpaired) electrons. The maximum atomic E-state index is 12.4. The Hall–Kier alpha value is -2.53. The van der Waals surface area contributed by atoms with Gasteiger partial charge in [-0.3, -0.25) is 9.69 Å². The number of carbonyl (C=O) groups excluding carboxylic acids is 1. The Labute approximate surface area is 161 Å². The lowest BCUT2D eigenvalue weighted by Gasteiger charge is -2.17. The summed E-state index contributed by atoms with van der Waals surface area (Å²) in [5.41, 5.74) is 2.39. The van der Waals surface area contributed by atoms with E-state index in [4.69, 9.17) is 9.47 Å². The van der Waals surface area contributed by atoms with Crippen LogP contribution in [0.4, 0.5) is 0 Å². The molecule has 0 aromatic heterocycles. The van der Waals surface area contributed by atoms with E-state index < -0.39 is 6.10 Å².